The summed E-state index contributed by atoms with van der Waals surface area (Å²) in [4.78, 5) is 34.8. The molecular formula is C13H15N3O5. The number of benzene rings is 1. The predicted octanol–water partition coefficient (Wildman–Crippen LogP) is 1.09. The third kappa shape index (κ3) is 3.10. The fourth-order valence-corrected chi connectivity index (χ4v) is 2.20. The number of amides is 1. The molecule has 0 atom stereocenters. The molecule has 1 aliphatic heterocycles. The van der Waals surface area contributed by atoms with Gasteiger partial charge in [0.1, 0.15) is 12.2 Å². The van der Waals surface area contributed by atoms with Gasteiger partial charge < -0.3 is 15.0 Å². The second-order valence-corrected chi connectivity index (χ2v) is 4.74. The summed E-state index contributed by atoms with van der Waals surface area (Å²) in [7, 11) is 2.83. The van der Waals surface area contributed by atoms with E-state index >= 15 is 0 Å². The van der Waals surface area contributed by atoms with Crippen molar-refractivity contribution in [3.05, 3.63) is 27.8 Å². The second-order valence-electron chi connectivity index (χ2n) is 4.74. The van der Waals surface area contributed by atoms with Crippen LogP contribution in [0.15, 0.2) is 12.1 Å². The van der Waals surface area contributed by atoms with Gasteiger partial charge in [0, 0.05) is 19.5 Å². The minimum absolute atomic E-state index is 0.0948. The second kappa shape index (κ2) is 5.78. The van der Waals surface area contributed by atoms with Crippen LogP contribution in [0.2, 0.25) is 0 Å². The molecule has 0 aromatic heterocycles. The number of hydrogen-bond donors (Lipinski definition) is 1. The highest BCUT2D eigenvalue weighted by atomic mass is 16.6. The normalized spacial score (nSPS) is 13.1. The van der Waals surface area contributed by atoms with Crippen molar-refractivity contribution in [3.63, 3.8) is 0 Å². The number of carbonyl (C=O) groups excluding carboxylic acids is 2. The standard InChI is InChI=1S/C13H15N3O5/c1-15(7-13(18)21-2)10-5-8-3-4-12(17)14-9(8)6-11(10)16(19)20/h5-6H,3-4,7H2,1-2H3,(H,14,17). The lowest BCUT2D eigenvalue weighted by Crippen LogP contribution is -2.27. The number of likely N-dealkylation sites (N-methyl/N-ethyl adjacent to an activating group) is 1. The number of anilines is 2. The van der Waals surface area contributed by atoms with E-state index in [4.69, 9.17) is 0 Å². The molecule has 2 rings (SSSR count). The van der Waals surface area contributed by atoms with Crippen LogP contribution in [0.4, 0.5) is 17.1 Å². The van der Waals surface area contributed by atoms with E-state index in [-0.39, 0.29) is 18.1 Å². The molecule has 1 aromatic rings. The topological polar surface area (TPSA) is 102 Å². The zero-order valence-corrected chi connectivity index (χ0v) is 11.7. The molecule has 1 aromatic carbocycles. The third-order valence-electron chi connectivity index (χ3n) is 3.30. The lowest BCUT2D eigenvalue weighted by Gasteiger charge is -2.22. The van der Waals surface area contributed by atoms with E-state index in [1.165, 1.54) is 18.1 Å². The van der Waals surface area contributed by atoms with Crippen LogP contribution in [0, 0.1) is 10.1 Å². The first-order valence-electron chi connectivity index (χ1n) is 6.31. The molecule has 8 nitrogen and oxygen atoms in total. The van der Waals surface area contributed by atoms with E-state index in [0.717, 1.165) is 5.56 Å². The molecule has 1 aliphatic rings. The summed E-state index contributed by atoms with van der Waals surface area (Å²) in [6.45, 7) is -0.0948. The molecule has 1 amide bonds. The van der Waals surface area contributed by atoms with Crippen LogP contribution >= 0.6 is 0 Å². The van der Waals surface area contributed by atoms with E-state index in [0.29, 0.717) is 24.2 Å². The minimum Gasteiger partial charge on any atom is -0.468 e. The van der Waals surface area contributed by atoms with Crippen LogP contribution in [0.5, 0.6) is 0 Å². The highest BCUT2D eigenvalue weighted by Crippen LogP contribution is 2.35. The molecule has 8 heteroatoms. The molecule has 21 heavy (non-hydrogen) atoms. The molecule has 0 bridgehead atoms. The van der Waals surface area contributed by atoms with Gasteiger partial charge in [0.25, 0.3) is 5.69 Å². The fourth-order valence-electron chi connectivity index (χ4n) is 2.20. The fraction of sp³-hybridized carbons (Fsp3) is 0.385. The Hall–Kier alpha value is -2.64. The highest BCUT2D eigenvalue weighted by Gasteiger charge is 2.25. The number of nitrogens with one attached hydrogen (secondary N) is 1. The first kappa shape index (κ1) is 14.8. The van der Waals surface area contributed by atoms with Crippen LogP contribution in [-0.2, 0) is 20.7 Å². The van der Waals surface area contributed by atoms with E-state index in [2.05, 4.69) is 10.1 Å². The summed E-state index contributed by atoms with van der Waals surface area (Å²) in [5.41, 5.74) is 1.42. The average molecular weight is 293 g/mol. The minimum atomic E-state index is -0.538. The summed E-state index contributed by atoms with van der Waals surface area (Å²) in [6.07, 6.45) is 0.850. The Morgan fingerprint density at radius 2 is 2.19 bits per heavy atom. The number of hydrogen-bond acceptors (Lipinski definition) is 6. The van der Waals surface area contributed by atoms with Gasteiger partial charge >= 0.3 is 5.97 Å². The van der Waals surface area contributed by atoms with Crippen LogP contribution in [0.1, 0.15) is 12.0 Å². The Bertz CT molecular complexity index is 614. The van der Waals surface area contributed by atoms with Gasteiger partial charge in [-0.25, -0.2) is 0 Å². The molecule has 112 valence electrons. The summed E-state index contributed by atoms with van der Waals surface area (Å²) in [6, 6.07) is 2.96. The Morgan fingerprint density at radius 3 is 2.81 bits per heavy atom. The van der Waals surface area contributed by atoms with Gasteiger partial charge in [-0.3, -0.25) is 19.7 Å². The monoisotopic (exact) mass is 293 g/mol. The van der Waals surface area contributed by atoms with E-state index in [9.17, 15) is 19.7 Å². The molecule has 0 radical (unpaired) electrons. The van der Waals surface area contributed by atoms with Gasteiger partial charge in [-0.2, -0.15) is 0 Å². The maximum absolute atomic E-state index is 11.4. The number of ether oxygens (including phenoxy) is 1. The number of nitro groups is 1. The van der Waals surface area contributed by atoms with Crippen molar-refractivity contribution >= 4 is 28.9 Å². The SMILES string of the molecule is COC(=O)CN(C)c1cc2c(cc1[N+](=O)[O-])NC(=O)CC2. The average Bonchev–Trinajstić information content (AvgIpc) is 2.45. The first-order valence-corrected chi connectivity index (χ1v) is 6.31. The maximum Gasteiger partial charge on any atom is 0.325 e. The molecule has 0 saturated heterocycles. The summed E-state index contributed by atoms with van der Waals surface area (Å²) < 4.78 is 4.56. The quantitative estimate of drug-likeness (QED) is 0.506. The number of nitrogens with zero attached hydrogens (tertiary/aromatic N) is 2. The van der Waals surface area contributed by atoms with Crippen LogP contribution in [0.3, 0.4) is 0 Å². The van der Waals surface area contributed by atoms with Crippen molar-refractivity contribution in [2.24, 2.45) is 0 Å². The smallest absolute Gasteiger partial charge is 0.325 e. The number of carbonyl (C=O) groups is 2. The summed E-state index contributed by atoms with van der Waals surface area (Å²) in [5, 5.41) is 13.8. The Morgan fingerprint density at radius 1 is 1.48 bits per heavy atom. The maximum atomic E-state index is 11.4. The van der Waals surface area contributed by atoms with Crippen molar-refractivity contribution in [2.75, 3.05) is 30.9 Å². The van der Waals surface area contributed by atoms with Crippen molar-refractivity contribution in [2.45, 2.75) is 12.8 Å². The molecular weight excluding hydrogens is 278 g/mol. The Labute approximate surface area is 120 Å². The van der Waals surface area contributed by atoms with Gasteiger partial charge in [0.2, 0.25) is 5.91 Å². The third-order valence-corrected chi connectivity index (χ3v) is 3.30. The lowest BCUT2D eigenvalue weighted by molar-refractivity contribution is -0.384. The molecule has 0 unspecified atom stereocenters. The molecule has 0 spiro atoms. The van der Waals surface area contributed by atoms with Crippen LogP contribution in [0.25, 0.3) is 0 Å². The van der Waals surface area contributed by atoms with E-state index in [1.54, 1.807) is 13.1 Å². The van der Waals surface area contributed by atoms with Gasteiger partial charge in [-0.15, -0.1) is 0 Å². The highest BCUT2D eigenvalue weighted by molar-refractivity contribution is 5.95. The summed E-state index contributed by atoms with van der Waals surface area (Å²) >= 11 is 0. The lowest BCUT2D eigenvalue weighted by atomic mass is 10.0. The zero-order valence-electron chi connectivity index (χ0n) is 11.7. The zero-order chi connectivity index (χ0) is 15.6. The largest absolute Gasteiger partial charge is 0.468 e. The molecule has 0 aliphatic carbocycles. The number of fused-ring (bicyclic) bond motifs is 1. The molecule has 0 fully saturated rings. The van der Waals surface area contributed by atoms with E-state index < -0.39 is 10.9 Å². The number of esters is 1. The van der Waals surface area contributed by atoms with Crippen LogP contribution in [-0.4, -0.2) is 37.5 Å². The van der Waals surface area contributed by atoms with Gasteiger partial charge in [0.05, 0.1) is 17.7 Å². The van der Waals surface area contributed by atoms with Crippen molar-refractivity contribution in [1.82, 2.24) is 0 Å². The number of aryl methyl sites for hydroxylation is 1. The number of methoxy groups -OCH3 is 1. The van der Waals surface area contributed by atoms with Crippen molar-refractivity contribution in [3.8, 4) is 0 Å². The van der Waals surface area contributed by atoms with Crippen LogP contribution < -0.4 is 10.2 Å². The summed E-state index contributed by atoms with van der Waals surface area (Å²) in [5.74, 6) is -0.648. The predicted molar refractivity (Wildman–Crippen MR) is 75.3 cm³/mol. The Kier molecular flexibility index (Phi) is 4.06. The molecule has 1 N–H and O–H groups in total. The number of nitro benzene ring substituents is 1. The molecule has 1 heterocycles. The van der Waals surface area contributed by atoms with Gasteiger partial charge in [-0.1, -0.05) is 0 Å². The van der Waals surface area contributed by atoms with Gasteiger partial charge in [0.15, 0.2) is 0 Å². The Balaban J connectivity index is 2.42. The van der Waals surface area contributed by atoms with Crippen molar-refractivity contribution in [1.29, 1.82) is 0 Å². The first-order chi connectivity index (χ1) is 9.92. The van der Waals surface area contributed by atoms with Gasteiger partial charge in [-0.05, 0) is 18.1 Å². The van der Waals surface area contributed by atoms with Crippen molar-refractivity contribution < 1.29 is 19.2 Å². The molecule has 0 saturated carbocycles. The number of rotatable bonds is 4. The van der Waals surface area contributed by atoms with E-state index in [1.807, 2.05) is 0 Å².